The molecular weight excluding hydrogens is 442 g/mol. The summed E-state index contributed by atoms with van der Waals surface area (Å²) in [7, 11) is 1.62. The van der Waals surface area contributed by atoms with Gasteiger partial charge in [-0.25, -0.2) is 0 Å². The summed E-state index contributed by atoms with van der Waals surface area (Å²) in [5, 5.41) is 3.34. The minimum absolute atomic E-state index is 0.0981. The number of rotatable bonds is 5. The number of para-hydroxylation sites is 1. The van der Waals surface area contributed by atoms with Crippen molar-refractivity contribution in [3.63, 3.8) is 0 Å². The number of hydrogen-bond donors (Lipinski definition) is 1. The van der Waals surface area contributed by atoms with Crippen LogP contribution in [0, 0.1) is 6.92 Å². The van der Waals surface area contributed by atoms with E-state index in [1.54, 1.807) is 18.1 Å². The minimum Gasteiger partial charge on any atom is -0.496 e. The van der Waals surface area contributed by atoms with Gasteiger partial charge in [-0.3, -0.25) is 9.59 Å². The SMILES string of the molecule is COc1ccccc1CN1C(=O)c2cc3oc(C)cc3n2CC1(C)C(=O)NC1CCCCCCC1. The molecule has 1 atom stereocenters. The lowest BCUT2D eigenvalue weighted by Crippen LogP contribution is -2.64. The van der Waals surface area contributed by atoms with E-state index in [0.29, 0.717) is 23.6 Å². The van der Waals surface area contributed by atoms with Crippen LogP contribution in [-0.2, 0) is 17.9 Å². The molecule has 0 bridgehead atoms. The van der Waals surface area contributed by atoms with Crippen molar-refractivity contribution in [1.82, 2.24) is 14.8 Å². The zero-order valence-corrected chi connectivity index (χ0v) is 20.9. The molecule has 1 unspecified atom stereocenters. The first-order chi connectivity index (χ1) is 16.9. The van der Waals surface area contributed by atoms with Gasteiger partial charge in [-0.2, -0.15) is 0 Å². The number of benzene rings is 1. The second kappa shape index (κ2) is 9.44. The lowest BCUT2D eigenvalue weighted by molar-refractivity contribution is -0.134. The third-order valence-corrected chi connectivity index (χ3v) is 7.69. The van der Waals surface area contributed by atoms with E-state index in [1.165, 1.54) is 19.3 Å². The second-order valence-electron chi connectivity index (χ2n) is 10.2. The van der Waals surface area contributed by atoms with E-state index in [9.17, 15) is 9.59 Å². The first-order valence-electron chi connectivity index (χ1n) is 12.8. The summed E-state index contributed by atoms with van der Waals surface area (Å²) in [5.74, 6) is 1.21. The summed E-state index contributed by atoms with van der Waals surface area (Å²) in [4.78, 5) is 29.6. The standard InChI is InChI=1S/C28H35N3O4/c1-19-15-22-25(35-19)16-23-26(32)31(17-20-11-9-10-14-24(20)34-3)28(2,18-30(22)23)27(33)29-21-12-7-5-4-6-8-13-21/h9-11,14-16,21H,4-8,12-13,17-18H2,1-3H3,(H,29,33). The van der Waals surface area contributed by atoms with Crippen molar-refractivity contribution in [3.05, 3.63) is 53.4 Å². The molecule has 1 fully saturated rings. The van der Waals surface area contributed by atoms with Crippen LogP contribution in [0.15, 0.2) is 40.8 Å². The van der Waals surface area contributed by atoms with E-state index >= 15 is 0 Å². The molecule has 2 aromatic heterocycles. The number of methoxy groups -OCH3 is 1. The third-order valence-electron chi connectivity index (χ3n) is 7.69. The van der Waals surface area contributed by atoms with Gasteiger partial charge in [0.2, 0.25) is 5.91 Å². The summed E-state index contributed by atoms with van der Waals surface area (Å²) in [5.41, 5.74) is 1.88. The number of ether oxygens (including phenoxy) is 1. The van der Waals surface area contributed by atoms with Crippen molar-refractivity contribution in [1.29, 1.82) is 0 Å². The van der Waals surface area contributed by atoms with E-state index < -0.39 is 5.54 Å². The van der Waals surface area contributed by atoms with Gasteiger partial charge in [0.1, 0.15) is 22.7 Å². The van der Waals surface area contributed by atoms with Gasteiger partial charge >= 0.3 is 0 Å². The van der Waals surface area contributed by atoms with Gasteiger partial charge in [0.15, 0.2) is 5.58 Å². The number of hydrogen-bond acceptors (Lipinski definition) is 4. The predicted octanol–water partition coefficient (Wildman–Crippen LogP) is 5.20. The highest BCUT2D eigenvalue weighted by molar-refractivity contribution is 6.03. The predicted molar refractivity (Wildman–Crippen MR) is 134 cm³/mol. The molecule has 0 radical (unpaired) electrons. The fraction of sp³-hybridized carbons (Fsp3) is 0.500. The molecule has 0 saturated heterocycles. The number of aromatic nitrogens is 1. The van der Waals surface area contributed by atoms with Crippen molar-refractivity contribution < 1.29 is 18.7 Å². The summed E-state index contributed by atoms with van der Waals surface area (Å²) < 4.78 is 13.3. The summed E-state index contributed by atoms with van der Waals surface area (Å²) in [6.45, 7) is 4.43. The Labute approximate surface area is 206 Å². The van der Waals surface area contributed by atoms with Crippen molar-refractivity contribution in [2.75, 3.05) is 7.11 Å². The van der Waals surface area contributed by atoms with Gasteiger partial charge in [-0.15, -0.1) is 0 Å². The summed E-state index contributed by atoms with van der Waals surface area (Å²) >= 11 is 0. The van der Waals surface area contributed by atoms with Crippen LogP contribution >= 0.6 is 0 Å². The fourth-order valence-corrected chi connectivity index (χ4v) is 5.65. The summed E-state index contributed by atoms with van der Waals surface area (Å²) in [6, 6.07) is 11.5. The number of carbonyl (C=O) groups is 2. The molecule has 7 nitrogen and oxygen atoms in total. The first kappa shape index (κ1) is 23.5. The second-order valence-corrected chi connectivity index (χ2v) is 10.2. The van der Waals surface area contributed by atoms with Crippen molar-refractivity contribution in [3.8, 4) is 5.75 Å². The van der Waals surface area contributed by atoms with Crippen molar-refractivity contribution >= 4 is 22.9 Å². The maximum Gasteiger partial charge on any atom is 0.271 e. The number of furan rings is 1. The Morgan fingerprint density at radius 2 is 1.86 bits per heavy atom. The van der Waals surface area contributed by atoms with Crippen LogP contribution in [0.1, 0.15) is 73.7 Å². The molecule has 1 saturated carbocycles. The Bertz CT molecular complexity index is 1230. The Morgan fingerprint density at radius 3 is 2.60 bits per heavy atom. The van der Waals surface area contributed by atoms with Crippen LogP contribution in [0.5, 0.6) is 5.75 Å². The Balaban J connectivity index is 1.52. The molecule has 1 N–H and O–H groups in total. The lowest BCUT2D eigenvalue weighted by Gasteiger charge is -2.44. The van der Waals surface area contributed by atoms with Crippen LogP contribution in [0.4, 0.5) is 0 Å². The molecule has 2 amide bonds. The molecule has 0 spiro atoms. The number of fused-ring (bicyclic) bond motifs is 3. The van der Waals surface area contributed by atoms with Crippen LogP contribution in [0.2, 0.25) is 0 Å². The van der Waals surface area contributed by atoms with E-state index in [-0.39, 0.29) is 24.4 Å². The highest BCUT2D eigenvalue weighted by Crippen LogP contribution is 2.36. The van der Waals surface area contributed by atoms with E-state index in [2.05, 4.69) is 5.32 Å². The smallest absolute Gasteiger partial charge is 0.271 e. The number of aryl methyl sites for hydroxylation is 1. The van der Waals surface area contributed by atoms with E-state index in [1.807, 2.05) is 48.7 Å². The van der Waals surface area contributed by atoms with Crippen LogP contribution < -0.4 is 10.1 Å². The Morgan fingerprint density at radius 1 is 1.14 bits per heavy atom. The molecule has 1 aliphatic carbocycles. The largest absolute Gasteiger partial charge is 0.496 e. The zero-order valence-electron chi connectivity index (χ0n) is 20.9. The monoisotopic (exact) mass is 477 g/mol. The number of nitrogens with one attached hydrogen (secondary N) is 1. The molecule has 2 aliphatic rings. The molecule has 3 heterocycles. The zero-order chi connectivity index (χ0) is 24.6. The molecule has 1 aromatic carbocycles. The fourth-order valence-electron chi connectivity index (χ4n) is 5.65. The van der Waals surface area contributed by atoms with Crippen LogP contribution in [-0.4, -0.2) is 40.0 Å². The molecule has 1 aliphatic heterocycles. The maximum atomic E-state index is 14.0. The normalized spacial score (nSPS) is 21.5. The van der Waals surface area contributed by atoms with Gasteiger partial charge in [-0.1, -0.05) is 50.3 Å². The number of nitrogens with zero attached hydrogens (tertiary/aromatic N) is 2. The highest BCUT2D eigenvalue weighted by Gasteiger charge is 2.48. The molecule has 7 heteroatoms. The topological polar surface area (TPSA) is 76.7 Å². The average molecular weight is 478 g/mol. The van der Waals surface area contributed by atoms with E-state index in [0.717, 1.165) is 42.5 Å². The first-order valence-corrected chi connectivity index (χ1v) is 12.8. The number of carbonyl (C=O) groups excluding carboxylic acids is 2. The lowest BCUT2D eigenvalue weighted by atomic mass is 9.91. The Hall–Kier alpha value is -3.22. The quantitative estimate of drug-likeness (QED) is 0.548. The Kier molecular flexibility index (Phi) is 6.34. The molecule has 35 heavy (non-hydrogen) atoms. The van der Waals surface area contributed by atoms with Crippen molar-refractivity contribution in [2.45, 2.75) is 83.5 Å². The third kappa shape index (κ3) is 4.32. The van der Waals surface area contributed by atoms with Crippen LogP contribution in [0.25, 0.3) is 11.1 Å². The van der Waals surface area contributed by atoms with Gasteiger partial charge in [-0.05, 0) is 32.8 Å². The molecule has 186 valence electrons. The number of amides is 2. The average Bonchev–Trinajstić information content (AvgIpc) is 3.35. The van der Waals surface area contributed by atoms with Crippen molar-refractivity contribution in [2.24, 2.45) is 0 Å². The van der Waals surface area contributed by atoms with Gasteiger partial charge < -0.3 is 23.9 Å². The van der Waals surface area contributed by atoms with Gasteiger partial charge in [0, 0.05) is 23.7 Å². The molecule has 3 aromatic rings. The van der Waals surface area contributed by atoms with Gasteiger partial charge in [0.05, 0.1) is 25.7 Å². The maximum absolute atomic E-state index is 14.0. The van der Waals surface area contributed by atoms with Gasteiger partial charge in [0.25, 0.3) is 5.91 Å². The molecule has 5 rings (SSSR count). The minimum atomic E-state index is -1.07. The highest BCUT2D eigenvalue weighted by atomic mass is 16.5. The molecular formula is C28H35N3O4. The van der Waals surface area contributed by atoms with E-state index in [4.69, 9.17) is 9.15 Å². The van der Waals surface area contributed by atoms with Crippen LogP contribution in [0.3, 0.4) is 0 Å². The summed E-state index contributed by atoms with van der Waals surface area (Å²) in [6.07, 6.45) is 7.93.